The van der Waals surface area contributed by atoms with Crippen molar-refractivity contribution in [3.8, 4) is 0 Å². The van der Waals surface area contributed by atoms with Gasteiger partial charge >= 0.3 is 0 Å². The number of nitrogens with one attached hydrogen (secondary N) is 1. The molecule has 2 aliphatic heterocycles. The Morgan fingerprint density at radius 2 is 2.06 bits per heavy atom. The zero-order valence-corrected chi connectivity index (χ0v) is 11.7. The molecule has 2 saturated heterocycles. The summed E-state index contributed by atoms with van der Waals surface area (Å²) in [5, 5.41) is 3.00. The van der Waals surface area contributed by atoms with Crippen molar-refractivity contribution in [3.63, 3.8) is 0 Å². The van der Waals surface area contributed by atoms with E-state index in [0.29, 0.717) is 0 Å². The molecule has 0 saturated carbocycles. The molecule has 0 spiro atoms. The number of likely N-dealkylation sites (tertiary alicyclic amines) is 1. The minimum absolute atomic E-state index is 0.0746. The van der Waals surface area contributed by atoms with Crippen LogP contribution >= 0.6 is 0 Å². The highest BCUT2D eigenvalue weighted by Crippen LogP contribution is 2.20. The van der Waals surface area contributed by atoms with E-state index in [1.54, 1.807) is 0 Å². The average Bonchev–Trinajstić information content (AvgIpc) is 2.80. The summed E-state index contributed by atoms with van der Waals surface area (Å²) in [5.74, 6) is 1.64. The molecule has 0 unspecified atom stereocenters. The maximum Gasteiger partial charge on any atom is 0.249 e. The Morgan fingerprint density at radius 1 is 1.33 bits per heavy atom. The molecule has 18 heavy (non-hydrogen) atoms. The number of piperidine rings is 1. The molecule has 1 N–H and O–H groups in total. The molecule has 2 rings (SSSR count). The third-order valence-corrected chi connectivity index (χ3v) is 3.89. The van der Waals surface area contributed by atoms with Gasteiger partial charge in [0.1, 0.15) is 6.10 Å². The highest BCUT2D eigenvalue weighted by atomic mass is 16.5. The molecule has 0 aliphatic carbocycles. The fourth-order valence-electron chi connectivity index (χ4n) is 3.21. The number of ether oxygens (including phenoxy) is 1. The van der Waals surface area contributed by atoms with Gasteiger partial charge in [-0.05, 0) is 31.1 Å². The maximum atomic E-state index is 11.8. The summed E-state index contributed by atoms with van der Waals surface area (Å²) in [6.07, 6.45) is 3.03. The molecule has 0 aromatic heterocycles. The Morgan fingerprint density at radius 3 is 2.67 bits per heavy atom. The normalized spacial score (nSPS) is 33.6. The van der Waals surface area contributed by atoms with Gasteiger partial charge in [0.25, 0.3) is 0 Å². The van der Waals surface area contributed by atoms with Gasteiger partial charge < -0.3 is 15.0 Å². The molecule has 3 atom stereocenters. The second-order valence-corrected chi connectivity index (χ2v) is 6.00. The quantitative estimate of drug-likeness (QED) is 0.821. The summed E-state index contributed by atoms with van der Waals surface area (Å²) in [5.41, 5.74) is 0. The molecule has 0 bridgehead atoms. The lowest BCUT2D eigenvalue weighted by molar-refractivity contribution is -0.130. The van der Waals surface area contributed by atoms with E-state index >= 15 is 0 Å². The van der Waals surface area contributed by atoms with E-state index < -0.39 is 0 Å². The monoisotopic (exact) mass is 254 g/mol. The van der Waals surface area contributed by atoms with E-state index in [-0.39, 0.29) is 12.0 Å². The minimum Gasteiger partial charge on any atom is -0.368 e. The van der Waals surface area contributed by atoms with Crippen LogP contribution in [0, 0.1) is 11.8 Å². The van der Waals surface area contributed by atoms with Crippen LogP contribution in [0.1, 0.15) is 33.1 Å². The van der Waals surface area contributed by atoms with Crippen molar-refractivity contribution in [3.05, 3.63) is 0 Å². The fraction of sp³-hybridized carbons (Fsp3) is 0.929. The van der Waals surface area contributed by atoms with Gasteiger partial charge in [0.2, 0.25) is 5.91 Å². The molecule has 0 aromatic carbocycles. The summed E-state index contributed by atoms with van der Waals surface area (Å²) in [7, 11) is 0. The standard InChI is InChI=1S/C14H26N2O2/c1-11-8-12(2)10-16(9-11)6-5-15-14(17)13-4-3-7-18-13/h11-13H,3-10H2,1-2H3,(H,15,17)/t11-,12+,13-/m1/s1. The van der Waals surface area contributed by atoms with Crippen LogP contribution in [-0.2, 0) is 9.53 Å². The Hall–Kier alpha value is -0.610. The number of carbonyl (C=O) groups excluding carboxylic acids is 1. The highest BCUT2D eigenvalue weighted by Gasteiger charge is 2.24. The summed E-state index contributed by atoms with van der Waals surface area (Å²) in [6, 6.07) is 0. The van der Waals surface area contributed by atoms with E-state index in [4.69, 9.17) is 4.74 Å². The van der Waals surface area contributed by atoms with Crippen LogP contribution in [0.5, 0.6) is 0 Å². The molecule has 4 heteroatoms. The fourth-order valence-corrected chi connectivity index (χ4v) is 3.21. The van der Waals surface area contributed by atoms with Crippen molar-refractivity contribution in [2.24, 2.45) is 11.8 Å². The molecule has 1 amide bonds. The summed E-state index contributed by atoms with van der Waals surface area (Å²) >= 11 is 0. The van der Waals surface area contributed by atoms with Crippen molar-refractivity contribution in [2.75, 3.05) is 32.8 Å². The molecular formula is C14H26N2O2. The van der Waals surface area contributed by atoms with Crippen molar-refractivity contribution >= 4 is 5.91 Å². The lowest BCUT2D eigenvalue weighted by atomic mass is 9.92. The van der Waals surface area contributed by atoms with Crippen LogP contribution < -0.4 is 5.32 Å². The van der Waals surface area contributed by atoms with Crippen molar-refractivity contribution in [1.82, 2.24) is 10.2 Å². The molecule has 0 radical (unpaired) electrons. The lowest BCUT2D eigenvalue weighted by Gasteiger charge is -2.34. The van der Waals surface area contributed by atoms with E-state index in [1.807, 2.05) is 0 Å². The number of hydrogen-bond donors (Lipinski definition) is 1. The van der Waals surface area contributed by atoms with Crippen molar-refractivity contribution in [2.45, 2.75) is 39.2 Å². The molecular weight excluding hydrogens is 228 g/mol. The second kappa shape index (κ2) is 6.53. The largest absolute Gasteiger partial charge is 0.368 e. The first kappa shape index (κ1) is 13.8. The predicted octanol–water partition coefficient (Wildman–Crippen LogP) is 1.26. The predicted molar refractivity (Wildman–Crippen MR) is 71.4 cm³/mol. The molecule has 2 heterocycles. The first-order valence-corrected chi connectivity index (χ1v) is 7.27. The molecule has 2 aliphatic rings. The molecule has 2 fully saturated rings. The average molecular weight is 254 g/mol. The van der Waals surface area contributed by atoms with Gasteiger partial charge in [0.05, 0.1) is 0 Å². The van der Waals surface area contributed by atoms with Crippen molar-refractivity contribution < 1.29 is 9.53 Å². The smallest absolute Gasteiger partial charge is 0.249 e. The number of nitrogens with zero attached hydrogens (tertiary/aromatic N) is 1. The summed E-state index contributed by atoms with van der Waals surface area (Å²) in [6.45, 7) is 9.41. The molecule has 104 valence electrons. The number of amides is 1. The topological polar surface area (TPSA) is 41.6 Å². The van der Waals surface area contributed by atoms with Gasteiger partial charge in [0.15, 0.2) is 0 Å². The minimum atomic E-state index is -0.191. The van der Waals surface area contributed by atoms with Gasteiger partial charge in [-0.1, -0.05) is 13.8 Å². The number of rotatable bonds is 4. The lowest BCUT2D eigenvalue weighted by Crippen LogP contribution is -2.44. The zero-order valence-electron chi connectivity index (χ0n) is 11.7. The highest BCUT2D eigenvalue weighted by molar-refractivity contribution is 5.80. The van der Waals surface area contributed by atoms with E-state index in [2.05, 4.69) is 24.1 Å². The van der Waals surface area contributed by atoms with Gasteiger partial charge in [-0.3, -0.25) is 4.79 Å². The Labute approximate surface area is 110 Å². The Kier molecular flexibility index (Phi) is 5.01. The van der Waals surface area contributed by atoms with Crippen LogP contribution in [0.2, 0.25) is 0 Å². The van der Waals surface area contributed by atoms with Gasteiger partial charge in [-0.2, -0.15) is 0 Å². The van der Waals surface area contributed by atoms with Crippen LogP contribution in [0.3, 0.4) is 0 Å². The zero-order chi connectivity index (χ0) is 13.0. The Bertz CT molecular complexity index is 267. The summed E-state index contributed by atoms with van der Waals surface area (Å²) < 4.78 is 5.37. The first-order chi connectivity index (χ1) is 8.65. The SMILES string of the molecule is C[C@@H]1C[C@H](C)CN(CCNC(=O)[C@H]2CCCO2)C1. The first-order valence-electron chi connectivity index (χ1n) is 7.27. The van der Waals surface area contributed by atoms with E-state index in [1.165, 1.54) is 19.5 Å². The third kappa shape index (κ3) is 3.95. The summed E-state index contributed by atoms with van der Waals surface area (Å²) in [4.78, 5) is 14.2. The Balaban J connectivity index is 1.63. The van der Waals surface area contributed by atoms with Gasteiger partial charge in [-0.25, -0.2) is 0 Å². The van der Waals surface area contributed by atoms with Gasteiger partial charge in [0, 0.05) is 32.8 Å². The second-order valence-electron chi connectivity index (χ2n) is 6.00. The van der Waals surface area contributed by atoms with Gasteiger partial charge in [-0.15, -0.1) is 0 Å². The molecule has 4 nitrogen and oxygen atoms in total. The third-order valence-electron chi connectivity index (χ3n) is 3.89. The van der Waals surface area contributed by atoms with E-state index in [9.17, 15) is 4.79 Å². The van der Waals surface area contributed by atoms with Crippen LogP contribution in [-0.4, -0.2) is 49.7 Å². The van der Waals surface area contributed by atoms with Crippen LogP contribution in [0.15, 0.2) is 0 Å². The molecule has 0 aromatic rings. The van der Waals surface area contributed by atoms with E-state index in [0.717, 1.165) is 44.4 Å². The van der Waals surface area contributed by atoms with Crippen LogP contribution in [0.25, 0.3) is 0 Å². The van der Waals surface area contributed by atoms with Crippen molar-refractivity contribution in [1.29, 1.82) is 0 Å². The number of carbonyl (C=O) groups is 1. The maximum absolute atomic E-state index is 11.8. The number of hydrogen-bond acceptors (Lipinski definition) is 3. The van der Waals surface area contributed by atoms with Crippen LogP contribution in [0.4, 0.5) is 0 Å².